The first-order valence-corrected chi connectivity index (χ1v) is 6.62. The summed E-state index contributed by atoms with van der Waals surface area (Å²) in [5.74, 6) is 2.00. The van der Waals surface area contributed by atoms with Gasteiger partial charge in [0.25, 0.3) is 0 Å². The minimum absolute atomic E-state index is 0.273. The predicted molar refractivity (Wildman–Crippen MR) is 78.3 cm³/mol. The minimum Gasteiger partial charge on any atom is -0.455 e. The Hall–Kier alpha value is -2.73. The van der Waals surface area contributed by atoms with Crippen LogP contribution < -0.4 is 10.5 Å². The van der Waals surface area contributed by atoms with Crippen molar-refractivity contribution >= 4 is 0 Å². The van der Waals surface area contributed by atoms with Gasteiger partial charge in [0.15, 0.2) is 11.6 Å². The summed E-state index contributed by atoms with van der Waals surface area (Å²) in [4.78, 5) is 0. The fourth-order valence-electron chi connectivity index (χ4n) is 1.98. The zero-order valence-electron chi connectivity index (χ0n) is 11.5. The summed E-state index contributed by atoms with van der Waals surface area (Å²) in [7, 11) is 0. The van der Waals surface area contributed by atoms with Gasteiger partial charge in [-0.1, -0.05) is 30.3 Å². The van der Waals surface area contributed by atoms with Crippen LogP contribution >= 0.6 is 0 Å². The molecule has 1 atom stereocenters. The molecule has 0 aliphatic rings. The smallest absolute Gasteiger partial charge is 0.173 e. The van der Waals surface area contributed by atoms with Crippen LogP contribution in [0.3, 0.4) is 0 Å². The van der Waals surface area contributed by atoms with E-state index in [1.54, 1.807) is 4.68 Å². The second-order valence-electron chi connectivity index (χ2n) is 4.62. The van der Waals surface area contributed by atoms with Gasteiger partial charge in [0.05, 0.1) is 6.04 Å². The molecule has 0 spiro atoms. The Morgan fingerprint density at radius 2 is 1.76 bits per heavy atom. The van der Waals surface area contributed by atoms with Crippen molar-refractivity contribution in [3.63, 3.8) is 0 Å². The number of hydrogen-bond acceptors (Lipinski definition) is 5. The minimum atomic E-state index is -0.273. The first-order valence-electron chi connectivity index (χ1n) is 6.62. The van der Waals surface area contributed by atoms with Crippen molar-refractivity contribution in [1.82, 2.24) is 20.2 Å². The van der Waals surface area contributed by atoms with E-state index in [1.165, 1.54) is 0 Å². The van der Waals surface area contributed by atoms with Crippen LogP contribution in [0, 0.1) is 0 Å². The van der Waals surface area contributed by atoms with Gasteiger partial charge >= 0.3 is 0 Å². The normalized spacial score (nSPS) is 12.1. The second kappa shape index (κ2) is 5.72. The van der Waals surface area contributed by atoms with E-state index in [-0.39, 0.29) is 6.04 Å². The van der Waals surface area contributed by atoms with Gasteiger partial charge in [-0.15, -0.1) is 5.10 Å². The molecule has 2 N–H and O–H groups in total. The van der Waals surface area contributed by atoms with Gasteiger partial charge in [-0.2, -0.15) is 4.68 Å². The van der Waals surface area contributed by atoms with Crippen LogP contribution in [0.5, 0.6) is 11.5 Å². The number of benzene rings is 2. The Bertz CT molecular complexity index is 724. The molecule has 0 bridgehead atoms. The van der Waals surface area contributed by atoms with Crippen LogP contribution in [0.2, 0.25) is 0 Å². The molecule has 0 saturated heterocycles. The van der Waals surface area contributed by atoms with E-state index >= 15 is 0 Å². The lowest BCUT2D eigenvalue weighted by molar-refractivity contribution is 0.476. The first kappa shape index (κ1) is 13.3. The van der Waals surface area contributed by atoms with Crippen molar-refractivity contribution in [1.29, 1.82) is 0 Å². The molecule has 6 nitrogen and oxygen atoms in total. The highest BCUT2D eigenvalue weighted by atomic mass is 16.5. The Morgan fingerprint density at radius 3 is 2.52 bits per heavy atom. The maximum absolute atomic E-state index is 5.91. The lowest BCUT2D eigenvalue weighted by atomic mass is 10.2. The fourth-order valence-corrected chi connectivity index (χ4v) is 1.98. The molecule has 3 rings (SSSR count). The SMILES string of the molecule is CC(N)c1nnnn1-c1ccccc1Oc1ccccc1. The van der Waals surface area contributed by atoms with Crippen LogP contribution in [-0.4, -0.2) is 20.2 Å². The third-order valence-electron chi connectivity index (χ3n) is 2.97. The predicted octanol–water partition coefficient (Wildman–Crippen LogP) is 2.47. The Balaban J connectivity index is 2.02. The van der Waals surface area contributed by atoms with E-state index in [4.69, 9.17) is 10.5 Å². The summed E-state index contributed by atoms with van der Waals surface area (Å²) in [6, 6.07) is 16.8. The highest BCUT2D eigenvalue weighted by molar-refractivity contribution is 5.48. The van der Waals surface area contributed by atoms with Gasteiger partial charge in [0.1, 0.15) is 11.4 Å². The Kier molecular flexibility index (Phi) is 3.61. The monoisotopic (exact) mass is 281 g/mol. The molecule has 0 aliphatic heterocycles. The number of hydrogen-bond donors (Lipinski definition) is 1. The van der Waals surface area contributed by atoms with Crippen LogP contribution in [0.4, 0.5) is 0 Å². The number of tetrazole rings is 1. The summed E-state index contributed by atoms with van der Waals surface area (Å²) < 4.78 is 7.51. The molecule has 1 aromatic heterocycles. The quantitative estimate of drug-likeness (QED) is 0.794. The van der Waals surface area contributed by atoms with E-state index in [0.717, 1.165) is 11.4 Å². The summed E-state index contributed by atoms with van der Waals surface area (Å²) in [5.41, 5.74) is 6.64. The van der Waals surface area contributed by atoms with Crippen LogP contribution in [-0.2, 0) is 0 Å². The zero-order chi connectivity index (χ0) is 14.7. The fraction of sp³-hybridized carbons (Fsp3) is 0.133. The molecule has 106 valence electrons. The number of nitrogens with zero attached hydrogens (tertiary/aromatic N) is 4. The van der Waals surface area contributed by atoms with Crippen molar-refractivity contribution < 1.29 is 4.74 Å². The molecule has 6 heteroatoms. The first-order chi connectivity index (χ1) is 10.3. The number of rotatable bonds is 4. The van der Waals surface area contributed by atoms with Crippen molar-refractivity contribution in [2.24, 2.45) is 5.73 Å². The third-order valence-corrected chi connectivity index (χ3v) is 2.97. The average Bonchev–Trinajstić information content (AvgIpc) is 2.98. The van der Waals surface area contributed by atoms with Crippen molar-refractivity contribution in [2.45, 2.75) is 13.0 Å². The Labute approximate surface area is 122 Å². The molecule has 21 heavy (non-hydrogen) atoms. The van der Waals surface area contributed by atoms with E-state index in [1.807, 2.05) is 61.5 Å². The molecule has 0 fully saturated rings. The maximum Gasteiger partial charge on any atom is 0.173 e. The number of ether oxygens (including phenoxy) is 1. The number of nitrogens with two attached hydrogens (primary N) is 1. The van der Waals surface area contributed by atoms with Crippen molar-refractivity contribution in [3.05, 3.63) is 60.4 Å². The third kappa shape index (κ3) is 2.75. The highest BCUT2D eigenvalue weighted by Gasteiger charge is 2.15. The standard InChI is InChI=1S/C15H15N5O/c1-11(16)15-17-18-19-20(15)13-9-5-6-10-14(13)21-12-7-3-2-4-8-12/h2-11H,16H2,1H3. The number of aromatic nitrogens is 4. The molecule has 1 heterocycles. The van der Waals surface area contributed by atoms with Crippen LogP contribution in [0.15, 0.2) is 54.6 Å². The van der Waals surface area contributed by atoms with E-state index in [0.29, 0.717) is 11.6 Å². The molecule has 2 aromatic carbocycles. The molecule has 0 aliphatic carbocycles. The second-order valence-corrected chi connectivity index (χ2v) is 4.62. The topological polar surface area (TPSA) is 78.9 Å². The average molecular weight is 281 g/mol. The summed E-state index contributed by atoms with van der Waals surface area (Å²) >= 11 is 0. The lowest BCUT2D eigenvalue weighted by Gasteiger charge is -2.12. The number of para-hydroxylation sites is 3. The van der Waals surface area contributed by atoms with Gasteiger partial charge in [-0.05, 0) is 41.6 Å². The molecule has 0 radical (unpaired) electrons. The summed E-state index contributed by atoms with van der Waals surface area (Å²) in [6.45, 7) is 1.84. The van der Waals surface area contributed by atoms with Crippen molar-refractivity contribution in [2.75, 3.05) is 0 Å². The molecular formula is C15H15N5O. The summed E-state index contributed by atoms with van der Waals surface area (Å²) in [6.07, 6.45) is 0. The summed E-state index contributed by atoms with van der Waals surface area (Å²) in [5, 5.41) is 11.7. The van der Waals surface area contributed by atoms with E-state index < -0.39 is 0 Å². The lowest BCUT2D eigenvalue weighted by Crippen LogP contribution is -2.13. The van der Waals surface area contributed by atoms with Crippen LogP contribution in [0.1, 0.15) is 18.8 Å². The molecule has 1 unspecified atom stereocenters. The van der Waals surface area contributed by atoms with E-state index in [2.05, 4.69) is 15.5 Å². The van der Waals surface area contributed by atoms with Gasteiger partial charge < -0.3 is 10.5 Å². The Morgan fingerprint density at radius 1 is 1.05 bits per heavy atom. The molecule has 0 saturated carbocycles. The maximum atomic E-state index is 5.91. The largest absolute Gasteiger partial charge is 0.455 e. The van der Waals surface area contributed by atoms with Crippen LogP contribution in [0.25, 0.3) is 5.69 Å². The van der Waals surface area contributed by atoms with Gasteiger partial charge in [0.2, 0.25) is 0 Å². The zero-order valence-corrected chi connectivity index (χ0v) is 11.5. The van der Waals surface area contributed by atoms with Crippen molar-refractivity contribution in [3.8, 4) is 17.2 Å². The molecule has 0 amide bonds. The molecular weight excluding hydrogens is 266 g/mol. The van der Waals surface area contributed by atoms with Gasteiger partial charge in [-0.3, -0.25) is 0 Å². The highest BCUT2D eigenvalue weighted by Crippen LogP contribution is 2.28. The van der Waals surface area contributed by atoms with Gasteiger partial charge in [0, 0.05) is 0 Å². The van der Waals surface area contributed by atoms with E-state index in [9.17, 15) is 0 Å². The van der Waals surface area contributed by atoms with Gasteiger partial charge in [-0.25, -0.2) is 0 Å². The molecule has 3 aromatic rings.